The Morgan fingerprint density at radius 3 is 2.69 bits per heavy atom. The van der Waals surface area contributed by atoms with Crippen LogP contribution in [0.25, 0.3) is 0 Å². The Kier molecular flexibility index (Phi) is 6.05. The third-order valence-corrected chi connectivity index (χ3v) is 8.23. The summed E-state index contributed by atoms with van der Waals surface area (Å²) in [5.74, 6) is 1.30. The van der Waals surface area contributed by atoms with E-state index in [-0.39, 0.29) is 5.41 Å². The molecule has 6 heteroatoms. The monoisotopic (exact) mass is 480 g/mol. The van der Waals surface area contributed by atoms with Gasteiger partial charge in [0, 0.05) is 23.4 Å². The summed E-state index contributed by atoms with van der Waals surface area (Å²) in [6.45, 7) is 1.01. The lowest BCUT2D eigenvalue weighted by Gasteiger charge is -2.53. The fourth-order valence-electron chi connectivity index (χ4n) is 6.53. The van der Waals surface area contributed by atoms with Crippen LogP contribution in [0.2, 0.25) is 0 Å². The van der Waals surface area contributed by atoms with E-state index in [0.29, 0.717) is 19.1 Å². The van der Waals surface area contributed by atoms with Gasteiger partial charge in [0.25, 0.3) is 0 Å². The molecule has 0 saturated heterocycles. The Hall–Kier alpha value is -3.51. The first-order valence-corrected chi connectivity index (χ1v) is 12.9. The van der Waals surface area contributed by atoms with E-state index in [1.54, 1.807) is 17.2 Å². The summed E-state index contributed by atoms with van der Waals surface area (Å²) in [6.07, 6.45) is 12.4. The van der Waals surface area contributed by atoms with Gasteiger partial charge in [-0.05, 0) is 79.3 Å². The first-order valence-electron chi connectivity index (χ1n) is 12.9. The molecule has 2 aromatic heterocycles. The predicted octanol–water partition coefficient (Wildman–Crippen LogP) is 4.91. The summed E-state index contributed by atoms with van der Waals surface area (Å²) in [4.78, 5) is 8.25. The Labute approximate surface area is 212 Å². The molecule has 0 bridgehead atoms. The van der Waals surface area contributed by atoms with Crippen molar-refractivity contribution in [1.82, 2.24) is 19.7 Å². The molecule has 0 amide bonds. The number of hydrogen-bond acceptors (Lipinski definition) is 5. The molecule has 0 spiro atoms. The fourth-order valence-corrected chi connectivity index (χ4v) is 6.53. The topological polar surface area (TPSA) is 73.1 Å². The van der Waals surface area contributed by atoms with Crippen molar-refractivity contribution in [2.45, 2.75) is 62.7 Å². The minimum absolute atomic E-state index is 0.00537. The number of benzene rings is 2. The van der Waals surface area contributed by atoms with Crippen LogP contribution in [0, 0.1) is 5.92 Å². The lowest BCUT2D eigenvalue weighted by Crippen LogP contribution is -2.52. The fraction of sp³-hybridized carbons (Fsp3) is 0.367. The van der Waals surface area contributed by atoms with Crippen molar-refractivity contribution in [3.63, 3.8) is 0 Å². The van der Waals surface area contributed by atoms with E-state index in [4.69, 9.17) is 4.74 Å². The highest BCUT2D eigenvalue weighted by molar-refractivity contribution is 5.45. The highest BCUT2D eigenvalue weighted by atomic mass is 16.5. The van der Waals surface area contributed by atoms with E-state index < -0.39 is 5.60 Å². The number of fused-ring (bicyclic) bond motifs is 3. The highest BCUT2D eigenvalue weighted by Crippen LogP contribution is 2.54. The van der Waals surface area contributed by atoms with Crippen molar-refractivity contribution < 1.29 is 9.84 Å². The van der Waals surface area contributed by atoms with Gasteiger partial charge in [0.15, 0.2) is 0 Å². The quantitative estimate of drug-likeness (QED) is 0.407. The summed E-state index contributed by atoms with van der Waals surface area (Å²) in [6, 6.07) is 21.4. The second kappa shape index (κ2) is 9.51. The second-order valence-electron chi connectivity index (χ2n) is 10.5. The average molecular weight is 481 g/mol. The van der Waals surface area contributed by atoms with E-state index in [1.165, 1.54) is 23.0 Å². The van der Waals surface area contributed by atoms with Gasteiger partial charge in [0.05, 0.1) is 12.1 Å². The smallest absolute Gasteiger partial charge is 0.137 e. The maximum atomic E-state index is 11.6. The molecular weight excluding hydrogens is 448 g/mol. The van der Waals surface area contributed by atoms with Crippen LogP contribution in [0.4, 0.5) is 0 Å². The standard InChI is InChI=1S/C30H32N4O2/c35-29(20-34-22-32-21-33-34)12-13-30(16-23-5-2-1-3-6-23)26(17-29)9-8-25-15-27(10-11-28(25)30)36-19-24-7-4-14-31-18-24/h1-7,10-11,14-15,18,21-22,26,35H,8-9,12-13,16-17,19-20H2/t26-,29-,30+/m1/s1. The molecule has 0 radical (unpaired) electrons. The number of aromatic nitrogens is 4. The van der Waals surface area contributed by atoms with Gasteiger partial charge in [-0.2, -0.15) is 5.10 Å². The van der Waals surface area contributed by atoms with Crippen LogP contribution in [-0.4, -0.2) is 30.5 Å². The molecule has 3 atom stereocenters. The lowest BCUT2D eigenvalue weighted by molar-refractivity contribution is -0.0638. The number of hydrogen-bond donors (Lipinski definition) is 1. The molecule has 0 aliphatic heterocycles. The van der Waals surface area contributed by atoms with Crippen LogP contribution < -0.4 is 4.74 Å². The van der Waals surface area contributed by atoms with Gasteiger partial charge in [-0.1, -0.05) is 42.5 Å². The Morgan fingerprint density at radius 2 is 1.89 bits per heavy atom. The molecule has 2 aliphatic rings. The van der Waals surface area contributed by atoms with Crippen LogP contribution in [0.15, 0.2) is 85.7 Å². The molecule has 0 unspecified atom stereocenters. The minimum Gasteiger partial charge on any atom is -0.489 e. The molecule has 1 N–H and O–H groups in total. The molecule has 1 saturated carbocycles. The van der Waals surface area contributed by atoms with E-state index in [9.17, 15) is 5.11 Å². The summed E-state index contributed by atoms with van der Waals surface area (Å²) in [5, 5.41) is 15.9. The zero-order valence-electron chi connectivity index (χ0n) is 20.5. The largest absolute Gasteiger partial charge is 0.489 e. The van der Waals surface area contributed by atoms with Gasteiger partial charge in [-0.15, -0.1) is 0 Å². The molecule has 2 aliphatic carbocycles. The number of pyridine rings is 1. The second-order valence-corrected chi connectivity index (χ2v) is 10.5. The van der Waals surface area contributed by atoms with Crippen LogP contribution in [0.1, 0.15) is 47.9 Å². The molecule has 6 rings (SSSR count). The highest BCUT2D eigenvalue weighted by Gasteiger charge is 2.51. The van der Waals surface area contributed by atoms with Gasteiger partial charge in [-0.25, -0.2) is 4.98 Å². The van der Waals surface area contributed by atoms with Crippen molar-refractivity contribution in [3.05, 3.63) is 108 Å². The van der Waals surface area contributed by atoms with E-state index in [0.717, 1.165) is 49.8 Å². The zero-order chi connectivity index (χ0) is 24.4. The number of nitrogens with zero attached hydrogens (tertiary/aromatic N) is 4. The maximum Gasteiger partial charge on any atom is 0.137 e. The molecule has 6 nitrogen and oxygen atoms in total. The van der Waals surface area contributed by atoms with Gasteiger partial charge in [0.2, 0.25) is 0 Å². The SMILES string of the molecule is O[C@]1(Cn2cncn2)CC[C@@]2(Cc3ccccc3)c3ccc(OCc4cccnc4)cc3CC[C@@H]2C1. The molecule has 2 aromatic carbocycles. The first kappa shape index (κ1) is 22.9. The van der Waals surface area contributed by atoms with Crippen LogP contribution in [-0.2, 0) is 31.4 Å². The zero-order valence-corrected chi connectivity index (χ0v) is 20.5. The molecule has 184 valence electrons. The van der Waals surface area contributed by atoms with Crippen LogP contribution >= 0.6 is 0 Å². The van der Waals surface area contributed by atoms with Crippen molar-refractivity contribution in [2.24, 2.45) is 5.92 Å². The van der Waals surface area contributed by atoms with E-state index in [1.807, 2.05) is 18.3 Å². The van der Waals surface area contributed by atoms with E-state index >= 15 is 0 Å². The molecule has 36 heavy (non-hydrogen) atoms. The average Bonchev–Trinajstić information content (AvgIpc) is 3.41. The minimum atomic E-state index is -0.761. The van der Waals surface area contributed by atoms with Gasteiger partial charge in [-0.3, -0.25) is 9.67 Å². The van der Waals surface area contributed by atoms with Crippen molar-refractivity contribution in [2.75, 3.05) is 0 Å². The number of ether oxygens (including phenoxy) is 1. The number of rotatable bonds is 7. The third kappa shape index (κ3) is 4.53. The number of aryl methyl sites for hydroxylation is 1. The summed E-state index contributed by atoms with van der Waals surface area (Å²) < 4.78 is 7.91. The summed E-state index contributed by atoms with van der Waals surface area (Å²) in [5.41, 5.74) is 4.48. The van der Waals surface area contributed by atoms with Gasteiger partial charge >= 0.3 is 0 Å². The van der Waals surface area contributed by atoms with Gasteiger partial charge < -0.3 is 9.84 Å². The van der Waals surface area contributed by atoms with Gasteiger partial charge in [0.1, 0.15) is 25.0 Å². The molecule has 4 aromatic rings. The van der Waals surface area contributed by atoms with Crippen molar-refractivity contribution >= 4 is 0 Å². The third-order valence-electron chi connectivity index (χ3n) is 8.23. The predicted molar refractivity (Wildman–Crippen MR) is 137 cm³/mol. The summed E-state index contributed by atoms with van der Waals surface area (Å²) in [7, 11) is 0. The van der Waals surface area contributed by atoms with Crippen molar-refractivity contribution in [3.8, 4) is 5.75 Å². The van der Waals surface area contributed by atoms with Crippen LogP contribution in [0.5, 0.6) is 5.75 Å². The maximum absolute atomic E-state index is 11.6. The van der Waals surface area contributed by atoms with Crippen molar-refractivity contribution in [1.29, 1.82) is 0 Å². The molecule has 1 fully saturated rings. The van der Waals surface area contributed by atoms with Crippen LogP contribution in [0.3, 0.4) is 0 Å². The molecule has 2 heterocycles. The molecular formula is C30H32N4O2. The van der Waals surface area contributed by atoms with E-state index in [2.05, 4.69) is 63.6 Å². The lowest BCUT2D eigenvalue weighted by atomic mass is 9.52. The Bertz CT molecular complexity index is 1300. The Balaban J connectivity index is 1.30. The number of aliphatic hydroxyl groups is 1. The summed E-state index contributed by atoms with van der Waals surface area (Å²) >= 11 is 0. The first-order chi connectivity index (χ1) is 17.6. The normalized spacial score (nSPS) is 25.1. The Morgan fingerprint density at radius 1 is 1.00 bits per heavy atom.